The number of ether oxygens (including phenoxy) is 1. The van der Waals surface area contributed by atoms with Crippen LogP contribution >= 0.6 is 0 Å². The summed E-state index contributed by atoms with van der Waals surface area (Å²) in [5, 5.41) is 2.60. The molecule has 0 bridgehead atoms. The Hall–Kier alpha value is -2.46. The number of esters is 1. The summed E-state index contributed by atoms with van der Waals surface area (Å²) in [5.41, 5.74) is 0.104. The average Bonchev–Trinajstić information content (AvgIpc) is 2.75. The van der Waals surface area contributed by atoms with Gasteiger partial charge in [-0.1, -0.05) is 33.8 Å². The van der Waals surface area contributed by atoms with Crippen molar-refractivity contribution in [1.82, 2.24) is 14.5 Å². The highest BCUT2D eigenvalue weighted by Gasteiger charge is 2.28. The van der Waals surface area contributed by atoms with E-state index in [-0.39, 0.29) is 28.3 Å². The number of carbonyl (C=O) groups excluding carboxylic acids is 3. The number of benzene rings is 1. The zero-order chi connectivity index (χ0) is 24.6. The first-order valence-electron chi connectivity index (χ1n) is 10.7. The van der Waals surface area contributed by atoms with E-state index in [0.717, 1.165) is 0 Å². The zero-order valence-corrected chi connectivity index (χ0v) is 20.7. The lowest BCUT2D eigenvalue weighted by atomic mass is 10.0. The van der Waals surface area contributed by atoms with E-state index in [4.69, 9.17) is 4.74 Å². The molecule has 0 aliphatic heterocycles. The van der Waals surface area contributed by atoms with Crippen LogP contribution in [0.15, 0.2) is 29.2 Å². The molecule has 0 heterocycles. The Kier molecular flexibility index (Phi) is 10.3. The molecule has 1 aromatic rings. The van der Waals surface area contributed by atoms with Crippen LogP contribution in [0.3, 0.4) is 0 Å². The van der Waals surface area contributed by atoms with Crippen LogP contribution in [0.25, 0.3) is 0 Å². The summed E-state index contributed by atoms with van der Waals surface area (Å²) in [4.78, 5) is 38.8. The number of carbonyl (C=O) groups is 3. The summed E-state index contributed by atoms with van der Waals surface area (Å²) in [5.74, 6) is -2.00. The molecule has 9 nitrogen and oxygen atoms in total. The molecular weight excluding hydrogens is 434 g/mol. The monoisotopic (exact) mass is 469 g/mol. The maximum Gasteiger partial charge on any atom is 0.329 e. The van der Waals surface area contributed by atoms with Crippen molar-refractivity contribution < 1.29 is 27.5 Å². The largest absolute Gasteiger partial charge is 0.454 e. The minimum absolute atomic E-state index is 0.000146. The van der Waals surface area contributed by atoms with E-state index < -0.39 is 34.5 Å². The quantitative estimate of drug-likeness (QED) is 0.495. The predicted molar refractivity (Wildman–Crippen MR) is 122 cm³/mol. The van der Waals surface area contributed by atoms with E-state index in [1.54, 1.807) is 34.7 Å². The van der Waals surface area contributed by atoms with E-state index in [1.807, 2.05) is 13.8 Å². The van der Waals surface area contributed by atoms with Gasteiger partial charge in [0.2, 0.25) is 10.0 Å². The van der Waals surface area contributed by atoms with Crippen LogP contribution in [-0.2, 0) is 24.3 Å². The Labute approximate surface area is 191 Å². The van der Waals surface area contributed by atoms with Crippen LogP contribution in [0.4, 0.5) is 0 Å². The van der Waals surface area contributed by atoms with Gasteiger partial charge in [-0.2, -0.15) is 4.31 Å². The standard InChI is InChI=1S/C22H35N3O6S/c1-8-25(9-2)32(29,30)18-12-10-11-17(13-18)21(27)23-20(15(3)4)22(28)31-14-19(26)24(7)16(5)6/h10-13,15-16,20H,8-9,14H2,1-7H3,(H,23,27)/t20-/m0/s1. The van der Waals surface area contributed by atoms with Crippen molar-refractivity contribution in [3.63, 3.8) is 0 Å². The number of amides is 2. The first-order chi connectivity index (χ1) is 14.9. The van der Waals surface area contributed by atoms with Gasteiger partial charge >= 0.3 is 5.97 Å². The van der Waals surface area contributed by atoms with Crippen molar-refractivity contribution in [3.05, 3.63) is 29.8 Å². The molecule has 1 rings (SSSR count). The Balaban J connectivity index is 2.98. The molecule has 32 heavy (non-hydrogen) atoms. The van der Waals surface area contributed by atoms with Gasteiger partial charge in [0.25, 0.3) is 11.8 Å². The molecule has 0 aliphatic carbocycles. The average molecular weight is 470 g/mol. The lowest BCUT2D eigenvalue weighted by molar-refractivity contribution is -0.154. The third-order valence-corrected chi connectivity index (χ3v) is 7.20. The summed E-state index contributed by atoms with van der Waals surface area (Å²) in [7, 11) is -2.12. The van der Waals surface area contributed by atoms with Crippen LogP contribution in [0.5, 0.6) is 0 Å². The molecule has 0 saturated heterocycles. The van der Waals surface area contributed by atoms with Gasteiger partial charge < -0.3 is 15.0 Å². The van der Waals surface area contributed by atoms with Gasteiger partial charge in [-0.05, 0) is 38.0 Å². The van der Waals surface area contributed by atoms with Crippen molar-refractivity contribution in [1.29, 1.82) is 0 Å². The van der Waals surface area contributed by atoms with Gasteiger partial charge in [0, 0.05) is 31.7 Å². The highest BCUT2D eigenvalue weighted by atomic mass is 32.2. The van der Waals surface area contributed by atoms with Crippen LogP contribution in [0.2, 0.25) is 0 Å². The highest BCUT2D eigenvalue weighted by molar-refractivity contribution is 7.89. The summed E-state index contributed by atoms with van der Waals surface area (Å²) in [6, 6.07) is 4.63. The minimum atomic E-state index is -3.73. The Morgan fingerprint density at radius 1 is 1.06 bits per heavy atom. The lowest BCUT2D eigenvalue weighted by Crippen LogP contribution is -2.46. The summed E-state index contributed by atoms with van der Waals surface area (Å²) in [6.07, 6.45) is 0. The second-order valence-electron chi connectivity index (χ2n) is 8.02. The minimum Gasteiger partial charge on any atom is -0.454 e. The zero-order valence-electron chi connectivity index (χ0n) is 19.9. The van der Waals surface area contributed by atoms with Gasteiger partial charge in [0.15, 0.2) is 6.61 Å². The molecule has 0 fully saturated rings. The number of rotatable bonds is 11. The first-order valence-corrected chi connectivity index (χ1v) is 12.1. The Morgan fingerprint density at radius 3 is 2.16 bits per heavy atom. The molecule has 0 spiro atoms. The molecule has 0 unspecified atom stereocenters. The van der Waals surface area contributed by atoms with Crippen molar-refractivity contribution in [2.24, 2.45) is 5.92 Å². The molecule has 0 aliphatic rings. The summed E-state index contributed by atoms with van der Waals surface area (Å²) < 4.78 is 31.9. The summed E-state index contributed by atoms with van der Waals surface area (Å²) in [6.45, 7) is 10.8. The number of hydrogen-bond donors (Lipinski definition) is 1. The van der Waals surface area contributed by atoms with E-state index >= 15 is 0 Å². The molecule has 1 aromatic carbocycles. The fourth-order valence-electron chi connectivity index (χ4n) is 2.85. The van der Waals surface area contributed by atoms with Crippen molar-refractivity contribution in [2.75, 3.05) is 26.7 Å². The van der Waals surface area contributed by atoms with Crippen molar-refractivity contribution in [2.45, 2.75) is 58.5 Å². The van der Waals surface area contributed by atoms with Gasteiger partial charge in [0.05, 0.1) is 4.90 Å². The van der Waals surface area contributed by atoms with Gasteiger partial charge in [-0.25, -0.2) is 13.2 Å². The predicted octanol–water partition coefficient (Wildman–Crippen LogP) is 1.88. The molecule has 0 radical (unpaired) electrons. The summed E-state index contributed by atoms with van der Waals surface area (Å²) >= 11 is 0. The SMILES string of the molecule is CCN(CC)S(=O)(=O)c1cccc(C(=O)N[C@H](C(=O)OCC(=O)N(C)C(C)C)C(C)C)c1. The van der Waals surface area contributed by atoms with Gasteiger partial charge in [0.1, 0.15) is 6.04 Å². The normalized spacial score (nSPS) is 12.7. The molecule has 0 aromatic heterocycles. The number of nitrogens with one attached hydrogen (secondary N) is 1. The van der Waals surface area contributed by atoms with Crippen LogP contribution in [0, 0.1) is 5.92 Å². The van der Waals surface area contributed by atoms with Crippen LogP contribution in [-0.4, -0.2) is 74.2 Å². The van der Waals surface area contributed by atoms with Crippen LogP contribution in [0.1, 0.15) is 51.9 Å². The van der Waals surface area contributed by atoms with Gasteiger partial charge in [-0.3, -0.25) is 9.59 Å². The van der Waals surface area contributed by atoms with Crippen molar-refractivity contribution >= 4 is 27.8 Å². The van der Waals surface area contributed by atoms with Crippen molar-refractivity contribution in [3.8, 4) is 0 Å². The number of hydrogen-bond acceptors (Lipinski definition) is 6. The second kappa shape index (κ2) is 12.0. The van der Waals surface area contributed by atoms with E-state index in [1.165, 1.54) is 33.5 Å². The number of sulfonamides is 1. The molecule has 2 amide bonds. The lowest BCUT2D eigenvalue weighted by Gasteiger charge is -2.24. The van der Waals surface area contributed by atoms with Gasteiger partial charge in [-0.15, -0.1) is 0 Å². The smallest absolute Gasteiger partial charge is 0.329 e. The molecule has 180 valence electrons. The fourth-order valence-corrected chi connectivity index (χ4v) is 4.35. The topological polar surface area (TPSA) is 113 Å². The maximum absolute atomic E-state index is 12.8. The molecular formula is C22H35N3O6S. The number of nitrogens with zero attached hydrogens (tertiary/aromatic N) is 2. The van der Waals surface area contributed by atoms with E-state index in [0.29, 0.717) is 13.1 Å². The molecule has 0 saturated carbocycles. The van der Waals surface area contributed by atoms with E-state index in [9.17, 15) is 22.8 Å². The van der Waals surface area contributed by atoms with Crippen LogP contribution < -0.4 is 5.32 Å². The molecule has 1 N–H and O–H groups in total. The third-order valence-electron chi connectivity index (χ3n) is 5.15. The Morgan fingerprint density at radius 2 is 1.66 bits per heavy atom. The highest BCUT2D eigenvalue weighted by Crippen LogP contribution is 2.17. The maximum atomic E-state index is 12.8. The number of likely N-dealkylation sites (N-methyl/N-ethyl adjacent to an activating group) is 1. The van der Waals surface area contributed by atoms with E-state index in [2.05, 4.69) is 5.32 Å². The Bertz CT molecular complexity index is 910. The molecule has 10 heteroatoms. The first kappa shape index (κ1) is 27.6. The fraction of sp³-hybridized carbons (Fsp3) is 0.591. The molecule has 1 atom stereocenters. The third kappa shape index (κ3) is 7.03. The second-order valence-corrected chi connectivity index (χ2v) is 9.96.